The fourth-order valence-electron chi connectivity index (χ4n) is 3.53. The molecule has 0 unspecified atom stereocenters. The van der Waals surface area contributed by atoms with Crippen LogP contribution in [0.5, 0.6) is 0 Å². The summed E-state index contributed by atoms with van der Waals surface area (Å²) in [7, 11) is 0. The fourth-order valence-corrected chi connectivity index (χ4v) is 5.11. The summed E-state index contributed by atoms with van der Waals surface area (Å²) >= 11 is 7.43. The van der Waals surface area contributed by atoms with E-state index in [4.69, 9.17) is 11.5 Å². The first kappa shape index (κ1) is 20.3. The fraction of sp³-hybridized carbons (Fsp3) is 0.429. The van der Waals surface area contributed by atoms with Crippen molar-refractivity contribution >= 4 is 43.2 Å². The van der Waals surface area contributed by atoms with E-state index in [0.717, 1.165) is 63.6 Å². The average Bonchev–Trinajstić information content (AvgIpc) is 2.62. The van der Waals surface area contributed by atoms with Crippen LogP contribution in [0.15, 0.2) is 21.1 Å². The summed E-state index contributed by atoms with van der Waals surface area (Å²) < 4.78 is 2.09. The molecule has 0 radical (unpaired) electrons. The summed E-state index contributed by atoms with van der Waals surface area (Å²) in [4.78, 5) is 0. The van der Waals surface area contributed by atoms with Crippen LogP contribution in [0.25, 0.3) is 0 Å². The Morgan fingerprint density at radius 1 is 0.640 bits per heavy atom. The second kappa shape index (κ2) is 8.59. The normalized spacial score (nSPS) is 11.1. The first-order valence-electron chi connectivity index (χ1n) is 9.06. The monoisotopic (exact) mass is 466 g/mol. The Bertz CT molecular complexity index is 717. The van der Waals surface area contributed by atoms with Gasteiger partial charge in [0, 0.05) is 26.7 Å². The molecule has 0 heterocycles. The molecule has 136 valence electrons. The molecule has 0 saturated heterocycles. The first-order chi connectivity index (χ1) is 11.9. The third-order valence-corrected chi connectivity index (χ3v) is 6.83. The number of aryl methyl sites for hydroxylation is 2. The zero-order valence-electron chi connectivity index (χ0n) is 15.6. The Hall–Kier alpha value is -1.00. The Balaban J connectivity index is 2.57. The second-order valence-corrected chi connectivity index (χ2v) is 7.98. The van der Waals surface area contributed by atoms with Crippen molar-refractivity contribution in [2.75, 3.05) is 11.5 Å². The van der Waals surface area contributed by atoms with Crippen molar-refractivity contribution in [2.24, 2.45) is 0 Å². The highest BCUT2D eigenvalue weighted by molar-refractivity contribution is 9.11. The van der Waals surface area contributed by atoms with E-state index in [1.54, 1.807) is 0 Å². The lowest BCUT2D eigenvalue weighted by molar-refractivity contribution is 1.00. The van der Waals surface area contributed by atoms with Gasteiger partial charge in [-0.1, -0.05) is 39.8 Å². The number of hydrogen-bond donors (Lipinski definition) is 2. The predicted octanol–water partition coefficient (Wildman–Crippen LogP) is 6.22. The molecule has 4 heteroatoms. The number of benzene rings is 2. The minimum atomic E-state index is 0.753. The van der Waals surface area contributed by atoms with E-state index in [1.807, 2.05) is 0 Å². The number of rotatable bonds is 6. The van der Waals surface area contributed by atoms with Gasteiger partial charge in [0.15, 0.2) is 0 Å². The molecule has 0 saturated carbocycles. The van der Waals surface area contributed by atoms with E-state index >= 15 is 0 Å². The molecule has 0 aliphatic heterocycles. The van der Waals surface area contributed by atoms with Crippen LogP contribution in [0.3, 0.4) is 0 Å². The molecular formula is C21H28Br2N2. The van der Waals surface area contributed by atoms with Crippen LogP contribution in [0.1, 0.15) is 61.1 Å². The van der Waals surface area contributed by atoms with Crippen LogP contribution < -0.4 is 11.5 Å². The lowest BCUT2D eigenvalue weighted by Crippen LogP contribution is -2.07. The van der Waals surface area contributed by atoms with Gasteiger partial charge in [-0.15, -0.1) is 0 Å². The predicted molar refractivity (Wildman–Crippen MR) is 117 cm³/mol. The molecule has 0 bridgehead atoms. The summed E-state index contributed by atoms with van der Waals surface area (Å²) in [5, 5.41) is 0. The molecule has 0 spiro atoms. The van der Waals surface area contributed by atoms with E-state index in [0.29, 0.717) is 0 Å². The van der Waals surface area contributed by atoms with Crippen molar-refractivity contribution in [3.8, 4) is 0 Å². The summed E-state index contributed by atoms with van der Waals surface area (Å²) in [6.07, 6.45) is 4.72. The Morgan fingerprint density at radius 3 is 1.28 bits per heavy atom. The standard InChI is InChI=1S/C21H28Br2N2/c1-5-12-9-14(20(24)18(22)16(12)7-3)11-15-10-13(6-2)17(8-4)19(23)21(15)25/h9-10H,5-8,11,24-25H2,1-4H3. The number of halogens is 2. The molecule has 4 N–H and O–H groups in total. The molecule has 0 aliphatic carbocycles. The van der Waals surface area contributed by atoms with Crippen LogP contribution in [-0.2, 0) is 32.1 Å². The van der Waals surface area contributed by atoms with Crippen LogP contribution in [0.2, 0.25) is 0 Å². The van der Waals surface area contributed by atoms with Gasteiger partial charge in [-0.25, -0.2) is 0 Å². The van der Waals surface area contributed by atoms with Crippen LogP contribution >= 0.6 is 31.9 Å². The van der Waals surface area contributed by atoms with Crippen molar-refractivity contribution in [1.82, 2.24) is 0 Å². The minimum Gasteiger partial charge on any atom is -0.398 e. The number of nitrogen functional groups attached to an aromatic ring is 2. The van der Waals surface area contributed by atoms with Gasteiger partial charge in [-0.2, -0.15) is 0 Å². The van der Waals surface area contributed by atoms with E-state index in [2.05, 4.69) is 71.7 Å². The average molecular weight is 468 g/mol. The van der Waals surface area contributed by atoms with Crippen molar-refractivity contribution < 1.29 is 0 Å². The molecule has 2 nitrogen and oxygen atoms in total. The SMILES string of the molecule is CCc1cc(Cc2cc(CC)c(CC)c(Br)c2N)c(N)c(Br)c1CC. The van der Waals surface area contributed by atoms with E-state index in [9.17, 15) is 0 Å². The van der Waals surface area contributed by atoms with Gasteiger partial charge in [0.25, 0.3) is 0 Å². The maximum Gasteiger partial charge on any atom is 0.0497 e. The molecule has 0 aromatic heterocycles. The Labute approximate surface area is 168 Å². The van der Waals surface area contributed by atoms with Crippen molar-refractivity contribution in [3.63, 3.8) is 0 Å². The largest absolute Gasteiger partial charge is 0.398 e. The van der Waals surface area contributed by atoms with Crippen LogP contribution in [0, 0.1) is 0 Å². The highest BCUT2D eigenvalue weighted by Crippen LogP contribution is 2.36. The van der Waals surface area contributed by atoms with Crippen molar-refractivity contribution in [2.45, 2.75) is 59.8 Å². The lowest BCUT2D eigenvalue weighted by atomic mass is 9.92. The zero-order valence-corrected chi connectivity index (χ0v) is 18.8. The quantitative estimate of drug-likeness (QED) is 0.495. The number of hydrogen-bond acceptors (Lipinski definition) is 2. The summed E-state index contributed by atoms with van der Waals surface area (Å²) in [6.45, 7) is 8.73. The summed E-state index contributed by atoms with van der Waals surface area (Å²) in [5.41, 5.74) is 22.2. The third kappa shape index (κ3) is 3.90. The van der Waals surface area contributed by atoms with Crippen LogP contribution in [0.4, 0.5) is 11.4 Å². The number of nitrogens with two attached hydrogens (primary N) is 2. The molecule has 25 heavy (non-hydrogen) atoms. The topological polar surface area (TPSA) is 52.0 Å². The lowest BCUT2D eigenvalue weighted by Gasteiger charge is -2.19. The molecule has 0 atom stereocenters. The Kier molecular flexibility index (Phi) is 6.98. The minimum absolute atomic E-state index is 0.753. The van der Waals surface area contributed by atoms with Gasteiger partial charge < -0.3 is 11.5 Å². The van der Waals surface area contributed by atoms with Crippen molar-refractivity contribution in [1.29, 1.82) is 0 Å². The van der Waals surface area contributed by atoms with E-state index in [1.165, 1.54) is 22.3 Å². The van der Waals surface area contributed by atoms with E-state index < -0.39 is 0 Å². The molecule has 0 aliphatic rings. The summed E-state index contributed by atoms with van der Waals surface area (Å²) in [6, 6.07) is 4.51. The maximum atomic E-state index is 6.45. The van der Waals surface area contributed by atoms with Gasteiger partial charge in [0.1, 0.15) is 0 Å². The van der Waals surface area contributed by atoms with Gasteiger partial charge >= 0.3 is 0 Å². The molecular weight excluding hydrogens is 440 g/mol. The van der Waals surface area contributed by atoms with Gasteiger partial charge in [-0.05, 0) is 90.9 Å². The Morgan fingerprint density at radius 2 is 1.00 bits per heavy atom. The second-order valence-electron chi connectivity index (χ2n) is 6.39. The van der Waals surface area contributed by atoms with Crippen LogP contribution in [-0.4, -0.2) is 0 Å². The number of anilines is 2. The van der Waals surface area contributed by atoms with Gasteiger partial charge in [-0.3, -0.25) is 0 Å². The highest BCUT2D eigenvalue weighted by atomic mass is 79.9. The molecule has 2 aromatic rings. The van der Waals surface area contributed by atoms with Gasteiger partial charge in [0.2, 0.25) is 0 Å². The van der Waals surface area contributed by atoms with Crippen molar-refractivity contribution in [3.05, 3.63) is 54.5 Å². The molecule has 0 fully saturated rings. The third-order valence-electron chi connectivity index (χ3n) is 5.02. The molecule has 0 amide bonds. The molecule has 2 aromatic carbocycles. The maximum absolute atomic E-state index is 6.45. The smallest absolute Gasteiger partial charge is 0.0497 e. The zero-order chi connectivity index (χ0) is 18.7. The van der Waals surface area contributed by atoms with Gasteiger partial charge in [0.05, 0.1) is 0 Å². The summed E-state index contributed by atoms with van der Waals surface area (Å²) in [5.74, 6) is 0. The molecule has 2 rings (SSSR count). The van der Waals surface area contributed by atoms with E-state index in [-0.39, 0.29) is 0 Å². The highest BCUT2D eigenvalue weighted by Gasteiger charge is 2.17. The first-order valence-corrected chi connectivity index (χ1v) is 10.6.